The highest BCUT2D eigenvalue weighted by Crippen LogP contribution is 2.09. The van der Waals surface area contributed by atoms with Crippen molar-refractivity contribution in [3.8, 4) is 0 Å². The van der Waals surface area contributed by atoms with Crippen molar-refractivity contribution in [2.45, 2.75) is 32.1 Å². The molecule has 1 heterocycles. The van der Waals surface area contributed by atoms with E-state index in [2.05, 4.69) is 10.3 Å². The van der Waals surface area contributed by atoms with Crippen LogP contribution in [0.5, 0.6) is 0 Å². The molecule has 0 saturated heterocycles. The standard InChI is InChI=1S/C11H17N3O2/c12-10(15)2-1-3-11(16)14-7-5-9-4-6-13-8-9/h6,8H,1-5,7H2,(H2,12,15)(H,14,16). The summed E-state index contributed by atoms with van der Waals surface area (Å²) in [6.07, 6.45) is 6.56. The molecule has 0 aromatic carbocycles. The smallest absolute Gasteiger partial charge is 0.220 e. The monoisotopic (exact) mass is 223 g/mol. The maximum atomic E-state index is 11.3. The van der Waals surface area contributed by atoms with Crippen molar-refractivity contribution in [3.63, 3.8) is 0 Å². The molecule has 0 unspecified atom stereocenters. The first-order chi connectivity index (χ1) is 7.68. The minimum Gasteiger partial charge on any atom is -0.370 e. The second-order valence-corrected chi connectivity index (χ2v) is 3.74. The van der Waals surface area contributed by atoms with Crippen LogP contribution in [-0.4, -0.2) is 24.6 Å². The number of primary amides is 1. The predicted molar refractivity (Wildman–Crippen MR) is 61.9 cm³/mol. The normalized spacial score (nSPS) is 13.6. The van der Waals surface area contributed by atoms with Crippen LogP contribution in [0.4, 0.5) is 0 Å². The summed E-state index contributed by atoms with van der Waals surface area (Å²) in [4.78, 5) is 25.7. The van der Waals surface area contributed by atoms with Crippen LogP contribution in [0.25, 0.3) is 0 Å². The highest BCUT2D eigenvalue weighted by molar-refractivity contribution is 5.78. The lowest BCUT2D eigenvalue weighted by Gasteiger charge is -2.04. The lowest BCUT2D eigenvalue weighted by molar-refractivity contribution is -0.121. The third-order valence-corrected chi connectivity index (χ3v) is 2.31. The van der Waals surface area contributed by atoms with E-state index in [1.54, 1.807) is 0 Å². The van der Waals surface area contributed by atoms with Crippen LogP contribution in [-0.2, 0) is 9.59 Å². The average Bonchev–Trinajstić information content (AvgIpc) is 2.70. The Morgan fingerprint density at radius 2 is 2.25 bits per heavy atom. The van der Waals surface area contributed by atoms with E-state index < -0.39 is 0 Å². The molecule has 1 aliphatic rings. The third-order valence-electron chi connectivity index (χ3n) is 2.31. The van der Waals surface area contributed by atoms with Crippen LogP contribution in [0.3, 0.4) is 0 Å². The van der Waals surface area contributed by atoms with Crippen LogP contribution in [0.1, 0.15) is 32.1 Å². The second-order valence-electron chi connectivity index (χ2n) is 3.74. The number of hydrogen-bond donors (Lipinski definition) is 2. The van der Waals surface area contributed by atoms with E-state index in [9.17, 15) is 9.59 Å². The van der Waals surface area contributed by atoms with Crippen LogP contribution < -0.4 is 11.1 Å². The van der Waals surface area contributed by atoms with Crippen molar-refractivity contribution >= 4 is 18.0 Å². The quantitative estimate of drug-likeness (QED) is 0.659. The summed E-state index contributed by atoms with van der Waals surface area (Å²) in [6.45, 7) is 0.630. The Balaban J connectivity index is 2.00. The van der Waals surface area contributed by atoms with E-state index in [4.69, 9.17) is 5.73 Å². The molecule has 0 radical (unpaired) electrons. The Bertz CT molecular complexity index is 321. The van der Waals surface area contributed by atoms with Crippen LogP contribution in [0.15, 0.2) is 16.8 Å². The van der Waals surface area contributed by atoms with E-state index in [-0.39, 0.29) is 18.2 Å². The fraction of sp³-hybridized carbons (Fsp3) is 0.545. The Hall–Kier alpha value is -1.65. The minimum absolute atomic E-state index is 0.0271. The lowest BCUT2D eigenvalue weighted by Crippen LogP contribution is -2.24. The van der Waals surface area contributed by atoms with Gasteiger partial charge in [-0.05, 0) is 18.4 Å². The summed E-state index contributed by atoms with van der Waals surface area (Å²) in [7, 11) is 0. The van der Waals surface area contributed by atoms with Gasteiger partial charge in [-0.2, -0.15) is 0 Å². The van der Waals surface area contributed by atoms with Gasteiger partial charge >= 0.3 is 0 Å². The number of rotatable bonds is 7. The molecular formula is C11H17N3O2. The average molecular weight is 223 g/mol. The molecule has 0 atom stereocenters. The highest BCUT2D eigenvalue weighted by Gasteiger charge is 2.04. The number of carbonyl (C=O) groups is 2. The fourth-order valence-electron chi connectivity index (χ4n) is 1.42. The SMILES string of the molecule is NC(=O)CCCC(=O)NCCC1=CN=CC1. The van der Waals surface area contributed by atoms with E-state index in [0.29, 0.717) is 19.4 Å². The summed E-state index contributed by atoms with van der Waals surface area (Å²) in [5.74, 6) is -0.387. The van der Waals surface area contributed by atoms with Gasteiger partial charge in [0.2, 0.25) is 11.8 Å². The lowest BCUT2D eigenvalue weighted by atomic mass is 10.1. The van der Waals surface area contributed by atoms with Gasteiger partial charge < -0.3 is 11.1 Å². The molecule has 2 amide bonds. The number of nitrogens with two attached hydrogens (primary N) is 1. The summed E-state index contributed by atoms with van der Waals surface area (Å²) in [5.41, 5.74) is 6.20. The Morgan fingerprint density at radius 1 is 1.44 bits per heavy atom. The summed E-state index contributed by atoms with van der Waals surface area (Å²) in [5, 5.41) is 2.80. The Morgan fingerprint density at radius 3 is 2.88 bits per heavy atom. The minimum atomic E-state index is -0.360. The molecule has 1 aliphatic heterocycles. The van der Waals surface area contributed by atoms with Crippen molar-refractivity contribution in [2.75, 3.05) is 6.54 Å². The van der Waals surface area contributed by atoms with Crippen molar-refractivity contribution in [3.05, 3.63) is 11.8 Å². The van der Waals surface area contributed by atoms with Gasteiger partial charge in [-0.3, -0.25) is 14.6 Å². The molecule has 1 rings (SSSR count). The first-order valence-corrected chi connectivity index (χ1v) is 5.43. The molecule has 0 bridgehead atoms. The van der Waals surface area contributed by atoms with E-state index in [1.165, 1.54) is 5.57 Å². The van der Waals surface area contributed by atoms with Gasteiger partial charge in [-0.15, -0.1) is 0 Å². The number of nitrogens with one attached hydrogen (secondary N) is 1. The molecule has 0 saturated carbocycles. The van der Waals surface area contributed by atoms with E-state index in [0.717, 1.165) is 12.8 Å². The highest BCUT2D eigenvalue weighted by atomic mass is 16.2. The molecule has 0 fully saturated rings. The summed E-state index contributed by atoms with van der Waals surface area (Å²) >= 11 is 0. The molecule has 5 heteroatoms. The maximum absolute atomic E-state index is 11.3. The number of hydrogen-bond acceptors (Lipinski definition) is 3. The molecule has 0 aliphatic carbocycles. The van der Waals surface area contributed by atoms with Gasteiger partial charge in [-0.1, -0.05) is 0 Å². The molecule has 0 spiro atoms. The van der Waals surface area contributed by atoms with Gasteiger partial charge in [0.05, 0.1) is 0 Å². The first-order valence-electron chi connectivity index (χ1n) is 5.43. The molecular weight excluding hydrogens is 206 g/mol. The van der Waals surface area contributed by atoms with E-state index in [1.807, 2.05) is 12.4 Å². The van der Waals surface area contributed by atoms with E-state index >= 15 is 0 Å². The van der Waals surface area contributed by atoms with Gasteiger partial charge in [0.15, 0.2) is 0 Å². The van der Waals surface area contributed by atoms with Gasteiger partial charge in [0.1, 0.15) is 0 Å². The van der Waals surface area contributed by atoms with Crippen molar-refractivity contribution in [1.82, 2.24) is 5.32 Å². The number of nitrogens with zero attached hydrogens (tertiary/aromatic N) is 1. The molecule has 88 valence electrons. The predicted octanol–water partition coefficient (Wildman–Crippen LogP) is 0.507. The summed E-state index contributed by atoms with van der Waals surface area (Å²) < 4.78 is 0. The first kappa shape index (κ1) is 12.4. The topological polar surface area (TPSA) is 84.5 Å². The second kappa shape index (κ2) is 6.76. The van der Waals surface area contributed by atoms with Gasteiger partial charge in [0, 0.05) is 38.2 Å². The van der Waals surface area contributed by atoms with Crippen molar-refractivity contribution in [1.29, 1.82) is 0 Å². The number of amides is 2. The maximum Gasteiger partial charge on any atom is 0.220 e. The van der Waals surface area contributed by atoms with Crippen molar-refractivity contribution in [2.24, 2.45) is 10.7 Å². The zero-order valence-electron chi connectivity index (χ0n) is 9.24. The Kier molecular flexibility index (Phi) is 5.25. The molecule has 5 nitrogen and oxygen atoms in total. The fourth-order valence-corrected chi connectivity index (χ4v) is 1.42. The number of aliphatic imine (C=N–C) groups is 1. The van der Waals surface area contributed by atoms with Gasteiger partial charge in [0.25, 0.3) is 0 Å². The molecule has 0 aromatic rings. The van der Waals surface area contributed by atoms with Crippen molar-refractivity contribution < 1.29 is 9.59 Å². The summed E-state index contributed by atoms with van der Waals surface area (Å²) in [6, 6.07) is 0. The third kappa shape index (κ3) is 5.29. The molecule has 16 heavy (non-hydrogen) atoms. The zero-order chi connectivity index (χ0) is 11.8. The molecule has 0 aromatic heterocycles. The Labute approximate surface area is 94.8 Å². The van der Waals surface area contributed by atoms with Crippen LogP contribution in [0, 0.1) is 0 Å². The van der Waals surface area contributed by atoms with Crippen LogP contribution in [0.2, 0.25) is 0 Å². The molecule has 3 N–H and O–H groups in total. The zero-order valence-corrected chi connectivity index (χ0v) is 9.24. The van der Waals surface area contributed by atoms with Crippen LogP contribution >= 0.6 is 0 Å². The number of carbonyl (C=O) groups excluding carboxylic acids is 2. The largest absolute Gasteiger partial charge is 0.370 e. The van der Waals surface area contributed by atoms with Gasteiger partial charge in [-0.25, -0.2) is 0 Å².